The lowest BCUT2D eigenvalue weighted by atomic mass is 10.0. The van der Waals surface area contributed by atoms with Crippen molar-refractivity contribution in [3.8, 4) is 11.3 Å². The lowest BCUT2D eigenvalue weighted by molar-refractivity contribution is -0.126. The number of hydrazine groups is 1. The van der Waals surface area contributed by atoms with E-state index in [0.29, 0.717) is 11.6 Å². The highest BCUT2D eigenvalue weighted by Gasteiger charge is 2.34. The van der Waals surface area contributed by atoms with Gasteiger partial charge in [0.05, 0.1) is 5.75 Å². The van der Waals surface area contributed by atoms with E-state index in [1.54, 1.807) is 16.8 Å². The predicted molar refractivity (Wildman–Crippen MR) is 131 cm³/mol. The molecule has 0 bridgehead atoms. The van der Waals surface area contributed by atoms with Crippen molar-refractivity contribution in [1.82, 2.24) is 15.2 Å². The number of benzene rings is 3. The molecular weight excluding hydrogens is 418 g/mol. The molecule has 0 radical (unpaired) electrons. The van der Waals surface area contributed by atoms with Crippen LogP contribution in [-0.2, 0) is 4.79 Å². The Hall–Kier alpha value is -3.58. The first-order valence-corrected chi connectivity index (χ1v) is 11.4. The third-order valence-corrected chi connectivity index (χ3v) is 6.74. The summed E-state index contributed by atoms with van der Waals surface area (Å²) in [5.41, 5.74) is 7.30. The summed E-state index contributed by atoms with van der Waals surface area (Å²) in [5, 5.41) is 12.4. The molecule has 4 aromatic rings. The summed E-state index contributed by atoms with van der Waals surface area (Å²) in [4.78, 5) is 14.8. The van der Waals surface area contributed by atoms with Crippen molar-refractivity contribution in [2.24, 2.45) is 0 Å². The van der Waals surface area contributed by atoms with Gasteiger partial charge < -0.3 is 4.90 Å². The van der Waals surface area contributed by atoms with Gasteiger partial charge in [-0.15, -0.1) is 22.0 Å². The summed E-state index contributed by atoms with van der Waals surface area (Å²) >= 11 is 1.60. The minimum absolute atomic E-state index is 0.0229. The Morgan fingerprint density at radius 1 is 0.906 bits per heavy atom. The normalized spacial score (nSPS) is 15.9. The maximum absolute atomic E-state index is 12.7. The number of thioether (sulfide) groups is 1. The Morgan fingerprint density at radius 3 is 2.31 bits per heavy atom. The summed E-state index contributed by atoms with van der Waals surface area (Å²) in [6.45, 7) is 0. The topological polar surface area (TPSA) is 61.4 Å². The van der Waals surface area contributed by atoms with Crippen LogP contribution >= 0.6 is 11.8 Å². The van der Waals surface area contributed by atoms with Gasteiger partial charge in [0.2, 0.25) is 0 Å². The summed E-state index contributed by atoms with van der Waals surface area (Å²) < 4.78 is 0. The fraction of sp³-hybridized carbons (Fsp3) is 0.160. The quantitative estimate of drug-likeness (QED) is 0.472. The fourth-order valence-electron chi connectivity index (χ4n) is 3.84. The van der Waals surface area contributed by atoms with Gasteiger partial charge in [0.15, 0.2) is 5.82 Å². The number of aromatic nitrogens is 2. The molecule has 0 saturated carbocycles. The van der Waals surface area contributed by atoms with Crippen LogP contribution in [-0.4, -0.2) is 41.0 Å². The van der Waals surface area contributed by atoms with Gasteiger partial charge in [0, 0.05) is 36.1 Å². The molecule has 1 aliphatic rings. The number of hydrogen-bond donors (Lipinski definition) is 1. The number of carbonyl (C=O) groups is 1. The molecule has 1 saturated heterocycles. The molecule has 0 aliphatic carbocycles. The number of rotatable bonds is 5. The van der Waals surface area contributed by atoms with Crippen LogP contribution in [0.15, 0.2) is 78.9 Å². The third kappa shape index (κ3) is 3.76. The molecule has 1 fully saturated rings. The molecule has 6 nitrogen and oxygen atoms in total. The SMILES string of the molecule is CN(C)c1ccc(C2SCC(=O)N2Nc2nnc(-c3ccccc3)c3ccccc23)cc1. The van der Waals surface area contributed by atoms with Crippen LogP contribution in [0.2, 0.25) is 0 Å². The second-order valence-electron chi connectivity index (χ2n) is 7.83. The van der Waals surface area contributed by atoms with E-state index in [1.165, 1.54) is 0 Å². The molecule has 2 heterocycles. The molecule has 1 N–H and O–H groups in total. The number of hydrogen-bond acceptors (Lipinski definition) is 6. The van der Waals surface area contributed by atoms with E-state index >= 15 is 0 Å². The van der Waals surface area contributed by atoms with E-state index in [4.69, 9.17) is 0 Å². The molecule has 160 valence electrons. The van der Waals surface area contributed by atoms with E-state index in [1.807, 2.05) is 68.7 Å². The number of carbonyl (C=O) groups excluding carboxylic acids is 1. The third-order valence-electron chi connectivity index (χ3n) is 5.52. The highest BCUT2D eigenvalue weighted by atomic mass is 32.2. The van der Waals surface area contributed by atoms with Crippen LogP contribution < -0.4 is 10.3 Å². The summed E-state index contributed by atoms with van der Waals surface area (Å²) in [5.74, 6) is 1.02. The van der Waals surface area contributed by atoms with Crippen LogP contribution in [0, 0.1) is 0 Å². The Balaban J connectivity index is 1.50. The Morgan fingerprint density at radius 2 is 1.59 bits per heavy atom. The first-order chi connectivity index (χ1) is 15.6. The smallest absolute Gasteiger partial charge is 0.252 e. The van der Waals surface area contributed by atoms with Crippen molar-refractivity contribution in [2.45, 2.75) is 5.37 Å². The maximum atomic E-state index is 12.7. The van der Waals surface area contributed by atoms with Crippen molar-refractivity contribution >= 4 is 39.9 Å². The zero-order valence-corrected chi connectivity index (χ0v) is 18.7. The fourth-order valence-corrected chi connectivity index (χ4v) is 4.95. The molecule has 0 spiro atoms. The molecule has 5 rings (SSSR count). The van der Waals surface area contributed by atoms with Gasteiger partial charge in [0.25, 0.3) is 5.91 Å². The van der Waals surface area contributed by atoms with Gasteiger partial charge in [-0.3, -0.25) is 10.2 Å². The van der Waals surface area contributed by atoms with Crippen molar-refractivity contribution in [3.05, 3.63) is 84.4 Å². The van der Waals surface area contributed by atoms with Gasteiger partial charge in [-0.25, -0.2) is 5.01 Å². The number of nitrogens with zero attached hydrogens (tertiary/aromatic N) is 4. The van der Waals surface area contributed by atoms with Crippen molar-refractivity contribution in [2.75, 3.05) is 30.2 Å². The lowest BCUT2D eigenvalue weighted by Crippen LogP contribution is -2.34. The monoisotopic (exact) mass is 441 g/mol. The molecule has 3 aromatic carbocycles. The Kier molecular flexibility index (Phi) is 5.41. The average molecular weight is 442 g/mol. The second kappa shape index (κ2) is 8.51. The molecule has 1 amide bonds. The number of nitrogens with one attached hydrogen (secondary N) is 1. The highest BCUT2D eigenvalue weighted by Crippen LogP contribution is 2.40. The van der Waals surface area contributed by atoms with Crippen LogP contribution in [0.4, 0.5) is 11.5 Å². The predicted octanol–water partition coefficient (Wildman–Crippen LogP) is 4.96. The van der Waals surface area contributed by atoms with E-state index in [0.717, 1.165) is 33.3 Å². The molecule has 32 heavy (non-hydrogen) atoms. The van der Waals surface area contributed by atoms with Gasteiger partial charge >= 0.3 is 0 Å². The second-order valence-corrected chi connectivity index (χ2v) is 8.90. The Labute approximate surface area is 191 Å². The van der Waals surface area contributed by atoms with E-state index in [9.17, 15) is 4.79 Å². The lowest BCUT2D eigenvalue weighted by Gasteiger charge is -2.26. The van der Waals surface area contributed by atoms with Gasteiger partial charge in [0.1, 0.15) is 11.1 Å². The summed E-state index contributed by atoms with van der Waals surface area (Å²) in [6.07, 6.45) is 0. The average Bonchev–Trinajstić information content (AvgIpc) is 3.20. The van der Waals surface area contributed by atoms with E-state index in [2.05, 4.69) is 44.8 Å². The largest absolute Gasteiger partial charge is 0.378 e. The van der Waals surface area contributed by atoms with Gasteiger partial charge in [-0.2, -0.15) is 0 Å². The van der Waals surface area contributed by atoms with Gasteiger partial charge in [-0.1, -0.05) is 66.7 Å². The van der Waals surface area contributed by atoms with Gasteiger partial charge in [-0.05, 0) is 17.7 Å². The minimum atomic E-state index is -0.131. The summed E-state index contributed by atoms with van der Waals surface area (Å²) in [6, 6.07) is 26.3. The first kappa shape index (κ1) is 20.3. The van der Waals surface area contributed by atoms with Crippen molar-refractivity contribution in [3.63, 3.8) is 0 Å². The highest BCUT2D eigenvalue weighted by molar-refractivity contribution is 8.00. The first-order valence-electron chi connectivity index (χ1n) is 10.4. The van der Waals surface area contributed by atoms with Crippen LogP contribution in [0.3, 0.4) is 0 Å². The number of anilines is 2. The van der Waals surface area contributed by atoms with E-state index < -0.39 is 0 Å². The zero-order chi connectivity index (χ0) is 22.1. The van der Waals surface area contributed by atoms with Crippen molar-refractivity contribution in [1.29, 1.82) is 0 Å². The minimum Gasteiger partial charge on any atom is -0.378 e. The molecule has 1 atom stereocenters. The van der Waals surface area contributed by atoms with Crippen LogP contribution in [0.5, 0.6) is 0 Å². The molecule has 7 heteroatoms. The van der Waals surface area contributed by atoms with E-state index in [-0.39, 0.29) is 11.3 Å². The van der Waals surface area contributed by atoms with Crippen LogP contribution in [0.1, 0.15) is 10.9 Å². The molecule has 1 aromatic heterocycles. The molecule has 1 unspecified atom stereocenters. The molecule has 1 aliphatic heterocycles. The summed E-state index contributed by atoms with van der Waals surface area (Å²) in [7, 11) is 4.03. The Bertz CT molecular complexity index is 1260. The zero-order valence-electron chi connectivity index (χ0n) is 17.9. The standard InChI is InChI=1S/C25H23N5OS/c1-29(2)19-14-12-18(13-15-19)25-30(22(31)16-32-25)28-24-21-11-7-6-10-20(21)23(26-27-24)17-8-4-3-5-9-17/h3-15,25H,16H2,1-2H3,(H,27,28). The van der Waals surface area contributed by atoms with Crippen LogP contribution in [0.25, 0.3) is 22.0 Å². The molecular formula is C25H23N5OS. The van der Waals surface area contributed by atoms with Crippen molar-refractivity contribution < 1.29 is 4.79 Å². The number of fused-ring (bicyclic) bond motifs is 1. The number of amides is 1. The maximum Gasteiger partial charge on any atom is 0.252 e.